The predicted octanol–water partition coefficient (Wildman–Crippen LogP) is 10.3. The highest BCUT2D eigenvalue weighted by molar-refractivity contribution is 8.34. The fourth-order valence-corrected chi connectivity index (χ4v) is 9.18. The molecule has 0 radical (unpaired) electrons. The number of phenolic OH excluding ortho intramolecular Hbond substituents is 1. The van der Waals surface area contributed by atoms with Crippen LogP contribution in [0.25, 0.3) is 10.8 Å². The van der Waals surface area contributed by atoms with E-state index in [0.29, 0.717) is 15.7 Å². The van der Waals surface area contributed by atoms with E-state index in [4.69, 9.17) is 0 Å². The summed E-state index contributed by atoms with van der Waals surface area (Å²) < 4.78 is 70.7. The fraction of sp³-hybridized carbons (Fsp3) is 0. The number of phenols is 1. The molecule has 6 aromatic rings. The Bertz CT molecular complexity index is 1860. The second kappa shape index (κ2) is 11.4. The number of aliphatic imine (C=N–C) groups is 1. The topological polar surface area (TPSA) is 32.6 Å². The lowest BCUT2D eigenvalue weighted by Crippen LogP contribution is -2.06. The number of aromatic hydroxyl groups is 1. The molecule has 0 saturated heterocycles. The van der Waals surface area contributed by atoms with Gasteiger partial charge in [-0.1, -0.05) is 78.9 Å². The minimum atomic E-state index is -2.40. The zero-order valence-electron chi connectivity index (χ0n) is 22.3. The molecular formula is C35H22F5NOS. The molecule has 8 heteroatoms. The summed E-state index contributed by atoms with van der Waals surface area (Å²) in [4.78, 5) is 6.94. The number of rotatable bonds is 6. The summed E-state index contributed by atoms with van der Waals surface area (Å²) in [6.45, 7) is 0. The van der Waals surface area contributed by atoms with Crippen LogP contribution in [0, 0.1) is 29.1 Å². The van der Waals surface area contributed by atoms with E-state index in [-0.39, 0.29) is 11.3 Å². The molecule has 0 saturated carbocycles. The van der Waals surface area contributed by atoms with Crippen molar-refractivity contribution < 1.29 is 27.1 Å². The van der Waals surface area contributed by atoms with Gasteiger partial charge < -0.3 is 5.11 Å². The molecule has 0 fully saturated rings. The largest absolute Gasteiger partial charge is 0.506 e. The second-order valence-corrected chi connectivity index (χ2v) is 12.7. The molecule has 2 nitrogen and oxygen atoms in total. The first-order valence-electron chi connectivity index (χ1n) is 13.1. The van der Waals surface area contributed by atoms with Crippen LogP contribution in [-0.2, 0) is 0 Å². The number of fused-ring (bicyclic) bond motifs is 1. The molecule has 214 valence electrons. The van der Waals surface area contributed by atoms with Crippen LogP contribution >= 0.6 is 10.0 Å². The maximum atomic E-state index is 14.6. The molecule has 0 bridgehead atoms. The van der Waals surface area contributed by atoms with E-state index in [0.717, 1.165) is 20.9 Å². The molecule has 0 aromatic heterocycles. The van der Waals surface area contributed by atoms with E-state index in [1.165, 1.54) is 0 Å². The lowest BCUT2D eigenvalue weighted by atomic mass is 10.0. The van der Waals surface area contributed by atoms with Crippen LogP contribution in [0.15, 0.2) is 146 Å². The second-order valence-electron chi connectivity index (χ2n) is 9.59. The monoisotopic (exact) mass is 599 g/mol. The van der Waals surface area contributed by atoms with E-state index in [2.05, 4.69) is 4.99 Å². The lowest BCUT2D eigenvalue weighted by Gasteiger charge is -2.42. The zero-order chi connectivity index (χ0) is 30.1. The van der Waals surface area contributed by atoms with E-state index >= 15 is 0 Å². The van der Waals surface area contributed by atoms with Gasteiger partial charge in [-0.05, 0) is 53.2 Å². The van der Waals surface area contributed by atoms with Gasteiger partial charge in [-0.2, -0.15) is 0 Å². The summed E-state index contributed by atoms with van der Waals surface area (Å²) in [6.07, 6.45) is 0.949. The minimum Gasteiger partial charge on any atom is -0.506 e. The fourth-order valence-electron chi connectivity index (χ4n) is 5.20. The minimum absolute atomic E-state index is 0.0664. The Hall–Kier alpha value is -4.95. The van der Waals surface area contributed by atoms with Gasteiger partial charge in [0, 0.05) is 31.4 Å². The molecule has 0 aliphatic heterocycles. The first kappa shape index (κ1) is 28.2. The van der Waals surface area contributed by atoms with E-state index in [1.807, 2.05) is 103 Å². The SMILES string of the molecule is Oc1c(S(c2ccccc2)(c2ccccc2)c2ccccc2)cc2ccccc2c1/C=N/c1c(F)c(F)c(F)c(F)c1F. The molecule has 43 heavy (non-hydrogen) atoms. The Morgan fingerprint density at radius 3 is 1.44 bits per heavy atom. The maximum Gasteiger partial charge on any atom is 0.200 e. The molecule has 6 aromatic carbocycles. The number of benzene rings is 6. The van der Waals surface area contributed by atoms with Crippen molar-refractivity contribution in [2.45, 2.75) is 19.6 Å². The highest BCUT2D eigenvalue weighted by Gasteiger charge is 2.36. The Balaban J connectivity index is 1.72. The third-order valence-electron chi connectivity index (χ3n) is 7.16. The Labute approximate surface area is 245 Å². The zero-order valence-corrected chi connectivity index (χ0v) is 23.1. The first-order valence-corrected chi connectivity index (χ1v) is 14.8. The Kier molecular flexibility index (Phi) is 7.46. The van der Waals surface area contributed by atoms with Gasteiger partial charge in [0.2, 0.25) is 5.82 Å². The smallest absolute Gasteiger partial charge is 0.200 e. The summed E-state index contributed by atoms with van der Waals surface area (Å²) in [5.74, 6) is -10.8. The van der Waals surface area contributed by atoms with Crippen molar-refractivity contribution in [2.24, 2.45) is 4.99 Å². The van der Waals surface area contributed by atoms with Crippen LogP contribution in [-0.4, -0.2) is 11.3 Å². The summed E-state index contributed by atoms with van der Waals surface area (Å²) in [6, 6.07) is 37.9. The third kappa shape index (κ3) is 4.64. The van der Waals surface area contributed by atoms with Crippen LogP contribution in [0.1, 0.15) is 5.56 Å². The van der Waals surface area contributed by atoms with Crippen LogP contribution in [0.3, 0.4) is 0 Å². The van der Waals surface area contributed by atoms with Gasteiger partial charge in [0.1, 0.15) is 11.4 Å². The maximum absolute atomic E-state index is 14.6. The van der Waals surface area contributed by atoms with Crippen molar-refractivity contribution in [3.8, 4) is 5.75 Å². The molecule has 0 aliphatic rings. The number of hydrogen-bond donors (Lipinski definition) is 1. The number of halogens is 5. The van der Waals surface area contributed by atoms with Gasteiger partial charge in [-0.15, -0.1) is 10.0 Å². The first-order chi connectivity index (χ1) is 20.9. The lowest BCUT2D eigenvalue weighted by molar-refractivity contribution is 0.381. The van der Waals surface area contributed by atoms with Crippen LogP contribution in [0.5, 0.6) is 5.75 Å². The highest BCUT2D eigenvalue weighted by atomic mass is 32.3. The van der Waals surface area contributed by atoms with Crippen molar-refractivity contribution in [1.29, 1.82) is 0 Å². The van der Waals surface area contributed by atoms with Gasteiger partial charge in [0.15, 0.2) is 23.3 Å². The van der Waals surface area contributed by atoms with Crippen molar-refractivity contribution in [3.63, 3.8) is 0 Å². The van der Waals surface area contributed by atoms with Crippen LogP contribution < -0.4 is 0 Å². The summed E-state index contributed by atoms with van der Waals surface area (Å²) in [5, 5.41) is 13.3. The van der Waals surface area contributed by atoms with Gasteiger partial charge in [0.05, 0.1) is 0 Å². The predicted molar refractivity (Wildman–Crippen MR) is 159 cm³/mol. The van der Waals surface area contributed by atoms with Crippen molar-refractivity contribution in [2.75, 3.05) is 0 Å². The Morgan fingerprint density at radius 1 is 0.535 bits per heavy atom. The number of hydrogen-bond acceptors (Lipinski definition) is 2. The average Bonchev–Trinajstić information content (AvgIpc) is 3.06. The van der Waals surface area contributed by atoms with Crippen molar-refractivity contribution in [3.05, 3.63) is 156 Å². The summed E-state index contributed by atoms with van der Waals surface area (Å²) >= 11 is 0. The molecule has 0 heterocycles. The molecule has 0 unspecified atom stereocenters. The molecule has 0 atom stereocenters. The van der Waals surface area contributed by atoms with E-state index in [9.17, 15) is 27.1 Å². The normalized spacial score (nSPS) is 12.2. The van der Waals surface area contributed by atoms with Gasteiger partial charge in [-0.3, -0.25) is 0 Å². The van der Waals surface area contributed by atoms with Crippen molar-refractivity contribution in [1.82, 2.24) is 0 Å². The standard InChI is InChI=1S/C35H22F5NOS/c36-29-30(37)32(39)34(33(40)31(29)38)41-21-27-26-19-11-10-12-22(26)20-28(35(27)42)43(23-13-4-1-5-14-23,24-15-6-2-7-16-24)25-17-8-3-9-18-25/h1-21,42H/b41-21+. The average molecular weight is 600 g/mol. The van der Waals surface area contributed by atoms with Gasteiger partial charge >= 0.3 is 0 Å². The Morgan fingerprint density at radius 2 is 0.953 bits per heavy atom. The highest BCUT2D eigenvalue weighted by Crippen LogP contribution is 2.75. The molecule has 1 N–H and O–H groups in total. The molecule has 0 amide bonds. The summed E-state index contributed by atoms with van der Waals surface area (Å²) in [5.41, 5.74) is -1.28. The van der Waals surface area contributed by atoms with Gasteiger partial charge in [-0.25, -0.2) is 26.9 Å². The van der Waals surface area contributed by atoms with E-state index < -0.39 is 44.8 Å². The van der Waals surface area contributed by atoms with E-state index in [1.54, 1.807) is 18.2 Å². The van der Waals surface area contributed by atoms with Gasteiger partial charge in [0.25, 0.3) is 0 Å². The number of nitrogens with zero attached hydrogens (tertiary/aromatic N) is 1. The van der Waals surface area contributed by atoms with Crippen LogP contribution in [0.2, 0.25) is 0 Å². The summed E-state index contributed by atoms with van der Waals surface area (Å²) in [7, 11) is -2.40. The molecular weight excluding hydrogens is 577 g/mol. The van der Waals surface area contributed by atoms with Crippen LogP contribution in [0.4, 0.5) is 27.6 Å². The molecule has 6 rings (SSSR count). The van der Waals surface area contributed by atoms with Crippen molar-refractivity contribution >= 4 is 32.7 Å². The molecule has 0 spiro atoms. The molecule has 0 aliphatic carbocycles. The third-order valence-corrected chi connectivity index (χ3v) is 11.1. The quantitative estimate of drug-likeness (QED) is 0.0879.